The first kappa shape index (κ1) is 34.2. The molecule has 0 unspecified atom stereocenters. The summed E-state index contributed by atoms with van der Waals surface area (Å²) in [5, 5.41) is 35.3. The van der Waals surface area contributed by atoms with E-state index in [0.29, 0.717) is 11.8 Å². The number of carboxylic acids is 3. The first-order valence-electron chi connectivity index (χ1n) is 11.2. The molecule has 0 fully saturated rings. The van der Waals surface area contributed by atoms with E-state index >= 15 is 0 Å². The average Bonchev–Trinajstić information content (AvgIpc) is 2.74. The van der Waals surface area contributed by atoms with Gasteiger partial charge >= 0.3 is 55.6 Å². The molecule has 2 aromatic rings. The van der Waals surface area contributed by atoms with Crippen LogP contribution in [-0.2, 0) is 37.3 Å². The molecule has 0 aliphatic carbocycles. The van der Waals surface area contributed by atoms with Crippen LogP contribution < -0.4 is 0 Å². The molecule has 10 nitrogen and oxygen atoms in total. The van der Waals surface area contributed by atoms with Crippen molar-refractivity contribution in [2.75, 3.05) is 0 Å². The van der Waals surface area contributed by atoms with Gasteiger partial charge in [0.15, 0.2) is 5.60 Å². The Labute approximate surface area is 243 Å². The molecule has 0 radical (unpaired) electrons. The van der Waals surface area contributed by atoms with E-state index < -0.39 is 46.5 Å². The maximum absolute atomic E-state index is 12.0. The number of fused-ring (bicyclic) bond motifs is 1. The fourth-order valence-corrected chi connectivity index (χ4v) is 4.65. The first-order valence-corrected chi connectivity index (χ1v) is 12.6. The Morgan fingerprint density at radius 2 is 1.42 bits per heavy atom. The number of carboxylic acid groups (broad SMARTS) is 3. The van der Waals surface area contributed by atoms with E-state index in [9.17, 15) is 27.4 Å². The second-order valence-electron chi connectivity index (χ2n) is 8.22. The summed E-state index contributed by atoms with van der Waals surface area (Å²) >= 11 is 0. The zero-order chi connectivity index (χ0) is 26.8. The molecule has 36 heavy (non-hydrogen) atoms. The van der Waals surface area contributed by atoms with Crippen molar-refractivity contribution in [1.82, 2.24) is 0 Å². The van der Waals surface area contributed by atoms with Gasteiger partial charge in [-0.25, -0.2) is 4.79 Å². The van der Waals surface area contributed by atoms with Gasteiger partial charge in [0.1, 0.15) is 4.90 Å². The van der Waals surface area contributed by atoms with Crippen LogP contribution in [0.5, 0.6) is 0 Å². The van der Waals surface area contributed by atoms with E-state index in [1.807, 2.05) is 18.2 Å². The molecule has 0 heterocycles. The monoisotopic (exact) mass is 554 g/mol. The van der Waals surface area contributed by atoms with Crippen molar-refractivity contribution < 1.29 is 50.6 Å². The molecule has 5 N–H and O–H groups in total. The second-order valence-corrected chi connectivity index (χ2v) is 9.58. The second kappa shape index (κ2) is 15.5. The van der Waals surface area contributed by atoms with Crippen molar-refractivity contribution >= 4 is 76.5 Å². The minimum absolute atomic E-state index is 0. The quantitative estimate of drug-likeness (QED) is 0.192. The predicted octanol–water partition coefficient (Wildman–Crippen LogP) is 3.37. The Balaban J connectivity index is -0.000000671. The van der Waals surface area contributed by atoms with Crippen molar-refractivity contribution in [3.8, 4) is 0 Å². The maximum atomic E-state index is 12.0. The van der Waals surface area contributed by atoms with Crippen molar-refractivity contribution in [1.29, 1.82) is 0 Å². The number of unbranched alkanes of at least 4 members (excludes halogenated alkanes) is 2. The third kappa shape index (κ3) is 10.3. The Morgan fingerprint density at radius 1 is 0.917 bits per heavy atom. The zero-order valence-corrected chi connectivity index (χ0v) is 23.5. The molecular weight excluding hydrogens is 520 g/mol. The van der Waals surface area contributed by atoms with Gasteiger partial charge in [-0.05, 0) is 42.2 Å². The summed E-state index contributed by atoms with van der Waals surface area (Å²) in [5.41, 5.74) is -0.879. The largest absolute Gasteiger partial charge is 2.00 e. The van der Waals surface area contributed by atoms with E-state index in [0.717, 1.165) is 48.6 Å². The van der Waals surface area contributed by atoms with Gasteiger partial charge in [0, 0.05) is 5.39 Å². The van der Waals surface area contributed by atoms with E-state index in [1.54, 1.807) is 6.07 Å². The van der Waals surface area contributed by atoms with E-state index in [1.165, 1.54) is 0 Å². The van der Waals surface area contributed by atoms with Crippen LogP contribution in [-0.4, -0.2) is 94.6 Å². The molecule has 0 aromatic heterocycles. The van der Waals surface area contributed by atoms with Crippen LogP contribution in [0.15, 0.2) is 35.2 Å². The smallest absolute Gasteiger partial charge is 1.00 e. The first-order chi connectivity index (χ1) is 16.3. The number of aliphatic carboxylic acids is 3. The molecule has 0 spiro atoms. The SMILES string of the molecule is CCCCc1cc2ccccc2c(S(=O)(=O)O)c1CCCC.O=C(O)CC(O)(CC(=O)O)C(=O)O.[Ca+2].[H-].[H-]. The van der Waals surface area contributed by atoms with E-state index in [4.69, 9.17) is 20.4 Å². The molecule has 0 aliphatic heterocycles. The summed E-state index contributed by atoms with van der Waals surface area (Å²) in [4.78, 5) is 30.6. The molecule has 0 aliphatic rings. The van der Waals surface area contributed by atoms with Crippen LogP contribution in [0.3, 0.4) is 0 Å². The summed E-state index contributed by atoms with van der Waals surface area (Å²) in [6, 6.07) is 9.48. The van der Waals surface area contributed by atoms with Crippen LogP contribution in [0, 0.1) is 0 Å². The topological polar surface area (TPSA) is 186 Å². The molecule has 0 saturated heterocycles. The van der Waals surface area contributed by atoms with Gasteiger partial charge in [-0.15, -0.1) is 0 Å². The standard InChI is InChI=1S/C18H24O3S.C6H8O7.Ca.2H/c1-3-5-9-14-13-15-10-7-8-12-17(15)18(22(19,20)21)16(14)11-6-4-2;7-3(8)1-6(13,5(11)12)2-4(9)10;;;/h7-8,10,12-13H,3-6,9,11H2,1-2H3,(H,19,20,21);13H,1-2H2,(H,7,8)(H,9,10)(H,11,12);;;/q;;+2;2*-1. The fourth-order valence-electron chi connectivity index (χ4n) is 3.64. The van der Waals surface area contributed by atoms with Gasteiger partial charge in [0.25, 0.3) is 10.1 Å². The summed E-state index contributed by atoms with van der Waals surface area (Å²) in [6.07, 6.45) is 3.23. The summed E-state index contributed by atoms with van der Waals surface area (Å²) in [5.74, 6) is -5.02. The molecule has 12 heteroatoms. The van der Waals surface area contributed by atoms with Crippen LogP contribution >= 0.6 is 0 Å². The van der Waals surface area contributed by atoms with Crippen molar-refractivity contribution in [2.45, 2.75) is 75.7 Å². The van der Waals surface area contributed by atoms with Crippen LogP contribution in [0.25, 0.3) is 10.8 Å². The Bertz CT molecular complexity index is 1160. The normalized spacial score (nSPS) is 11.2. The summed E-state index contributed by atoms with van der Waals surface area (Å²) in [6.45, 7) is 4.20. The number of hydrogen-bond acceptors (Lipinski definition) is 6. The van der Waals surface area contributed by atoms with Crippen LogP contribution in [0.4, 0.5) is 0 Å². The predicted molar refractivity (Wildman–Crippen MR) is 136 cm³/mol. The van der Waals surface area contributed by atoms with Crippen LogP contribution in [0.2, 0.25) is 0 Å². The minimum atomic E-state index is -4.24. The number of benzene rings is 2. The van der Waals surface area contributed by atoms with Gasteiger partial charge in [0.2, 0.25) is 0 Å². The Hall–Kier alpha value is -1.76. The number of hydrogen-bond donors (Lipinski definition) is 5. The third-order valence-corrected chi connectivity index (χ3v) is 6.30. The van der Waals surface area contributed by atoms with Gasteiger partial charge in [0.05, 0.1) is 12.8 Å². The van der Waals surface area contributed by atoms with E-state index in [-0.39, 0.29) is 45.5 Å². The Kier molecular flexibility index (Phi) is 14.7. The zero-order valence-electron chi connectivity index (χ0n) is 22.4. The maximum Gasteiger partial charge on any atom is 2.00 e. The molecule has 0 bridgehead atoms. The third-order valence-electron chi connectivity index (χ3n) is 5.32. The van der Waals surface area contributed by atoms with Crippen molar-refractivity contribution in [3.05, 3.63) is 41.5 Å². The van der Waals surface area contributed by atoms with E-state index in [2.05, 4.69) is 19.9 Å². The molecule has 0 atom stereocenters. The molecule has 2 rings (SSSR count). The fraction of sp³-hybridized carbons (Fsp3) is 0.458. The molecule has 0 saturated carbocycles. The van der Waals surface area contributed by atoms with Crippen molar-refractivity contribution in [2.24, 2.45) is 0 Å². The number of carbonyl (C=O) groups is 3. The molecule has 198 valence electrons. The molecular formula is C24H34CaO10S. The van der Waals surface area contributed by atoms with Gasteiger partial charge in [-0.3, -0.25) is 14.1 Å². The molecule has 2 aromatic carbocycles. The average molecular weight is 555 g/mol. The van der Waals surface area contributed by atoms with Crippen molar-refractivity contribution in [3.63, 3.8) is 0 Å². The van der Waals surface area contributed by atoms with Gasteiger partial charge < -0.3 is 23.3 Å². The van der Waals surface area contributed by atoms with Gasteiger partial charge in [-0.2, -0.15) is 8.42 Å². The number of rotatable bonds is 12. The van der Waals surface area contributed by atoms with Gasteiger partial charge in [-0.1, -0.05) is 57.0 Å². The number of aryl methyl sites for hydroxylation is 1. The summed E-state index contributed by atoms with van der Waals surface area (Å²) < 4.78 is 33.8. The Morgan fingerprint density at radius 3 is 1.86 bits per heavy atom. The summed E-state index contributed by atoms with van der Waals surface area (Å²) in [7, 11) is -4.24. The van der Waals surface area contributed by atoms with Crippen LogP contribution in [0.1, 0.15) is 66.4 Å². The minimum Gasteiger partial charge on any atom is -1.00 e. The number of aliphatic hydroxyl groups is 1. The molecule has 0 amide bonds.